The highest BCUT2D eigenvalue weighted by Gasteiger charge is 2.44. The van der Waals surface area contributed by atoms with E-state index in [1.807, 2.05) is 30.3 Å². The molecule has 5 nitrogen and oxygen atoms in total. The lowest BCUT2D eigenvalue weighted by Crippen LogP contribution is -2.29. The molecule has 6 rings (SSSR count). The molecule has 0 radical (unpaired) electrons. The molecule has 1 atom stereocenters. The first-order valence-electron chi connectivity index (χ1n) is 12.2. The Kier molecular flexibility index (Phi) is 6.46. The summed E-state index contributed by atoms with van der Waals surface area (Å²) in [7, 11) is 0. The summed E-state index contributed by atoms with van der Waals surface area (Å²) in [4.78, 5) is 28.8. The average molecular weight is 606 g/mol. The Labute approximate surface area is 234 Å². The molecular weight excluding hydrogens is 587 g/mol. The van der Waals surface area contributed by atoms with Crippen LogP contribution < -0.4 is 15.1 Å². The molecule has 0 saturated carbocycles. The molecule has 1 unspecified atom stereocenters. The zero-order chi connectivity index (χ0) is 28.0. The van der Waals surface area contributed by atoms with Crippen LogP contribution in [0.1, 0.15) is 38.9 Å². The predicted octanol–water partition coefficient (Wildman–Crippen LogP) is 7.90. The SMILES string of the molecule is O=C1c2oc3ccc(Br)cc3c(=O)c2C(c2cccc(OCc3ccccc3)c2)N1c1cccc(C(F)(F)F)c1. The zero-order valence-corrected chi connectivity index (χ0v) is 22.2. The summed E-state index contributed by atoms with van der Waals surface area (Å²) in [6.07, 6.45) is -4.62. The smallest absolute Gasteiger partial charge is 0.416 e. The van der Waals surface area contributed by atoms with E-state index < -0.39 is 29.1 Å². The van der Waals surface area contributed by atoms with Crippen molar-refractivity contribution >= 4 is 38.5 Å². The topological polar surface area (TPSA) is 59.8 Å². The van der Waals surface area contributed by atoms with Crippen molar-refractivity contribution < 1.29 is 27.1 Å². The highest BCUT2D eigenvalue weighted by atomic mass is 79.9. The Bertz CT molecular complexity index is 1820. The summed E-state index contributed by atoms with van der Waals surface area (Å²) in [5, 5.41) is 0.244. The molecule has 2 heterocycles. The normalized spacial score (nSPS) is 14.9. The van der Waals surface area contributed by atoms with Gasteiger partial charge in [-0.3, -0.25) is 14.5 Å². The predicted molar refractivity (Wildman–Crippen MR) is 147 cm³/mol. The fraction of sp³-hybridized carbons (Fsp3) is 0.0968. The Morgan fingerprint density at radius 2 is 1.65 bits per heavy atom. The Morgan fingerprint density at radius 3 is 2.42 bits per heavy atom. The maximum atomic E-state index is 13.8. The van der Waals surface area contributed by atoms with Crippen LogP contribution in [0.2, 0.25) is 0 Å². The van der Waals surface area contributed by atoms with Crippen LogP contribution in [0.5, 0.6) is 5.75 Å². The number of hydrogen-bond donors (Lipinski definition) is 0. The van der Waals surface area contributed by atoms with E-state index in [1.165, 1.54) is 17.0 Å². The van der Waals surface area contributed by atoms with Gasteiger partial charge < -0.3 is 9.15 Å². The van der Waals surface area contributed by atoms with Gasteiger partial charge >= 0.3 is 6.18 Å². The van der Waals surface area contributed by atoms with Gasteiger partial charge in [0.2, 0.25) is 5.76 Å². The van der Waals surface area contributed by atoms with Crippen LogP contribution in [-0.4, -0.2) is 5.91 Å². The van der Waals surface area contributed by atoms with Crippen molar-refractivity contribution in [2.45, 2.75) is 18.8 Å². The van der Waals surface area contributed by atoms with Gasteiger partial charge in [-0.2, -0.15) is 13.2 Å². The molecule has 1 aromatic heterocycles. The fourth-order valence-corrected chi connectivity index (χ4v) is 5.24. The maximum Gasteiger partial charge on any atom is 0.416 e. The third-order valence-corrected chi connectivity index (χ3v) is 7.20. The van der Waals surface area contributed by atoms with Crippen molar-refractivity contribution in [2.75, 3.05) is 4.90 Å². The van der Waals surface area contributed by atoms with Gasteiger partial charge in [-0.05, 0) is 59.7 Å². The van der Waals surface area contributed by atoms with Gasteiger partial charge in [0.05, 0.1) is 22.6 Å². The van der Waals surface area contributed by atoms with E-state index in [4.69, 9.17) is 9.15 Å². The second-order valence-electron chi connectivity index (χ2n) is 9.29. The lowest BCUT2D eigenvalue weighted by Gasteiger charge is -2.26. The average Bonchev–Trinajstić information content (AvgIpc) is 3.25. The molecule has 0 spiro atoms. The monoisotopic (exact) mass is 605 g/mol. The number of carbonyl (C=O) groups is 1. The molecule has 1 aliphatic heterocycles. The molecule has 0 bridgehead atoms. The van der Waals surface area contributed by atoms with Gasteiger partial charge in [-0.25, -0.2) is 0 Å². The molecule has 0 N–H and O–H groups in total. The third-order valence-electron chi connectivity index (χ3n) is 6.71. The van der Waals surface area contributed by atoms with Crippen molar-refractivity contribution in [3.05, 3.63) is 140 Å². The van der Waals surface area contributed by atoms with Gasteiger partial charge in [0, 0.05) is 10.2 Å². The van der Waals surface area contributed by atoms with Crippen LogP contribution in [-0.2, 0) is 12.8 Å². The summed E-state index contributed by atoms with van der Waals surface area (Å²) in [5.74, 6) is -0.450. The van der Waals surface area contributed by atoms with Crippen molar-refractivity contribution in [3.8, 4) is 5.75 Å². The van der Waals surface area contributed by atoms with Gasteiger partial charge in [0.15, 0.2) is 5.43 Å². The Balaban J connectivity index is 1.51. The van der Waals surface area contributed by atoms with Crippen molar-refractivity contribution in [1.29, 1.82) is 0 Å². The third kappa shape index (κ3) is 4.66. The summed E-state index contributed by atoms with van der Waals surface area (Å²) in [5.41, 5.74) is 0.297. The number of ether oxygens (including phenoxy) is 1. The van der Waals surface area contributed by atoms with Gasteiger partial charge in [-0.15, -0.1) is 0 Å². The largest absolute Gasteiger partial charge is 0.489 e. The van der Waals surface area contributed by atoms with E-state index in [2.05, 4.69) is 15.9 Å². The van der Waals surface area contributed by atoms with E-state index >= 15 is 0 Å². The summed E-state index contributed by atoms with van der Waals surface area (Å²) in [6, 6.07) is 24.6. The van der Waals surface area contributed by atoms with E-state index in [1.54, 1.807) is 42.5 Å². The number of amides is 1. The number of benzene rings is 4. The van der Waals surface area contributed by atoms with Gasteiger partial charge in [0.1, 0.15) is 17.9 Å². The standard InChI is InChI=1S/C31H19BrF3NO4/c32-21-12-13-25-24(16-21)28(37)26-27(19-8-4-11-23(14-19)39-17-18-6-2-1-3-7-18)36(30(38)29(26)40-25)22-10-5-9-20(15-22)31(33,34)35/h1-16,27H,17H2. The Hall–Kier alpha value is -4.37. The number of rotatable bonds is 5. The minimum absolute atomic E-state index is 0.0172. The lowest BCUT2D eigenvalue weighted by molar-refractivity contribution is -0.137. The molecule has 9 heteroatoms. The van der Waals surface area contributed by atoms with Crippen LogP contribution >= 0.6 is 15.9 Å². The number of halogens is 4. The van der Waals surface area contributed by atoms with Crippen LogP contribution in [0.25, 0.3) is 11.0 Å². The molecule has 0 fully saturated rings. The maximum absolute atomic E-state index is 13.8. The fourth-order valence-electron chi connectivity index (χ4n) is 4.87. The zero-order valence-electron chi connectivity index (χ0n) is 20.6. The number of fused-ring (bicyclic) bond motifs is 2. The molecule has 5 aromatic rings. The van der Waals surface area contributed by atoms with Crippen molar-refractivity contribution in [3.63, 3.8) is 0 Å². The summed E-state index contributed by atoms with van der Waals surface area (Å²) >= 11 is 3.36. The van der Waals surface area contributed by atoms with Crippen molar-refractivity contribution in [1.82, 2.24) is 0 Å². The van der Waals surface area contributed by atoms with Crippen LogP contribution in [0.3, 0.4) is 0 Å². The summed E-state index contributed by atoms with van der Waals surface area (Å²) < 4.78 is 53.4. The number of hydrogen-bond acceptors (Lipinski definition) is 4. The molecule has 1 amide bonds. The molecule has 200 valence electrons. The molecule has 0 aliphatic carbocycles. The highest BCUT2D eigenvalue weighted by Crippen LogP contribution is 2.43. The molecule has 1 aliphatic rings. The minimum atomic E-state index is -4.62. The number of nitrogens with zero attached hydrogens (tertiary/aromatic N) is 1. The quantitative estimate of drug-likeness (QED) is 0.204. The molecule has 0 saturated heterocycles. The van der Waals surface area contributed by atoms with E-state index in [-0.39, 0.29) is 34.6 Å². The first-order chi connectivity index (χ1) is 19.2. The summed E-state index contributed by atoms with van der Waals surface area (Å²) in [6.45, 7) is 0.280. The number of alkyl halides is 3. The molecule has 40 heavy (non-hydrogen) atoms. The van der Waals surface area contributed by atoms with Crippen LogP contribution in [0.4, 0.5) is 18.9 Å². The van der Waals surface area contributed by atoms with Gasteiger partial charge in [0.25, 0.3) is 5.91 Å². The Morgan fingerprint density at radius 1 is 0.875 bits per heavy atom. The van der Waals surface area contributed by atoms with Crippen LogP contribution in [0.15, 0.2) is 111 Å². The minimum Gasteiger partial charge on any atom is -0.489 e. The van der Waals surface area contributed by atoms with Crippen molar-refractivity contribution in [2.24, 2.45) is 0 Å². The van der Waals surface area contributed by atoms with Crippen LogP contribution in [0, 0.1) is 0 Å². The second-order valence-corrected chi connectivity index (χ2v) is 10.2. The van der Waals surface area contributed by atoms with E-state index in [9.17, 15) is 22.8 Å². The second kappa shape index (κ2) is 9.98. The number of anilines is 1. The van der Waals surface area contributed by atoms with Gasteiger partial charge in [-0.1, -0.05) is 64.5 Å². The first kappa shape index (κ1) is 25.9. The number of carbonyl (C=O) groups excluding carboxylic acids is 1. The molecular formula is C31H19BrF3NO4. The molecule has 4 aromatic carbocycles. The van der Waals surface area contributed by atoms with E-state index in [0.717, 1.165) is 17.7 Å². The first-order valence-corrected chi connectivity index (χ1v) is 13.0. The van der Waals surface area contributed by atoms with E-state index in [0.29, 0.717) is 15.8 Å². The lowest BCUT2D eigenvalue weighted by atomic mass is 9.98. The highest BCUT2D eigenvalue weighted by molar-refractivity contribution is 9.10.